The summed E-state index contributed by atoms with van der Waals surface area (Å²) in [6, 6.07) is 9.83. The van der Waals surface area contributed by atoms with Crippen LogP contribution in [0.5, 0.6) is 5.75 Å². The molecule has 11 nitrogen and oxygen atoms in total. The van der Waals surface area contributed by atoms with Crippen LogP contribution in [0.25, 0.3) is 5.57 Å². The molecule has 0 saturated carbocycles. The van der Waals surface area contributed by atoms with E-state index in [1.165, 1.54) is 0 Å². The van der Waals surface area contributed by atoms with E-state index in [9.17, 15) is 31.6 Å². The van der Waals surface area contributed by atoms with Gasteiger partial charge >= 0.3 is 24.3 Å². The molecular formula is C24H24F6N6O5. The number of carboxylic acid groups (broad SMARTS) is 2. The van der Waals surface area contributed by atoms with Gasteiger partial charge in [0, 0.05) is 12.7 Å². The van der Waals surface area contributed by atoms with E-state index in [2.05, 4.69) is 32.0 Å². The van der Waals surface area contributed by atoms with Crippen LogP contribution in [0.3, 0.4) is 0 Å². The molecule has 17 heteroatoms. The Morgan fingerprint density at radius 1 is 1.10 bits per heavy atom. The van der Waals surface area contributed by atoms with Crippen molar-refractivity contribution in [2.45, 2.75) is 32.1 Å². The van der Waals surface area contributed by atoms with Gasteiger partial charge in [0.2, 0.25) is 11.8 Å². The smallest absolute Gasteiger partial charge is 0.475 e. The first-order valence-corrected chi connectivity index (χ1v) is 11.7. The zero-order chi connectivity index (χ0) is 30.8. The predicted molar refractivity (Wildman–Crippen MR) is 131 cm³/mol. The van der Waals surface area contributed by atoms with Gasteiger partial charge in [0.25, 0.3) is 0 Å². The van der Waals surface area contributed by atoms with E-state index in [0.717, 1.165) is 43.7 Å². The van der Waals surface area contributed by atoms with Gasteiger partial charge in [-0.05, 0) is 56.5 Å². The summed E-state index contributed by atoms with van der Waals surface area (Å²) in [7, 11) is 0. The molecule has 41 heavy (non-hydrogen) atoms. The molecule has 1 aromatic carbocycles. The van der Waals surface area contributed by atoms with Crippen LogP contribution in [0, 0.1) is 24.2 Å². The molecule has 3 heterocycles. The number of nitriles is 1. The molecule has 222 valence electrons. The van der Waals surface area contributed by atoms with Crippen LogP contribution in [0.4, 0.5) is 38.0 Å². The molecule has 1 saturated heterocycles. The summed E-state index contributed by atoms with van der Waals surface area (Å²) < 4.78 is 69.3. The zero-order valence-electron chi connectivity index (χ0n) is 21.2. The number of benzene rings is 1. The normalized spacial score (nSPS) is 15.8. The maximum Gasteiger partial charge on any atom is 0.490 e. The molecule has 0 bridgehead atoms. The number of fused-ring (bicyclic) bond motifs is 1. The number of piperidine rings is 1. The maximum absolute atomic E-state index is 10.6. The number of aryl methyl sites for hydroxylation is 1. The minimum Gasteiger partial charge on any atom is -0.475 e. The number of halogens is 6. The lowest BCUT2D eigenvalue weighted by molar-refractivity contribution is -0.193. The van der Waals surface area contributed by atoms with Crippen molar-refractivity contribution in [3.05, 3.63) is 47.6 Å². The molecule has 0 radical (unpaired) electrons. The minimum atomic E-state index is -5.08. The van der Waals surface area contributed by atoms with Gasteiger partial charge in [-0.1, -0.05) is 12.1 Å². The number of para-hydroxylation sites is 2. The van der Waals surface area contributed by atoms with Crippen LogP contribution >= 0.6 is 0 Å². The molecule has 0 amide bonds. The number of allylic oxidation sites excluding steroid dienone is 1. The fourth-order valence-corrected chi connectivity index (χ4v) is 3.34. The highest BCUT2D eigenvalue weighted by molar-refractivity contribution is 5.83. The summed E-state index contributed by atoms with van der Waals surface area (Å²) >= 11 is 0. The van der Waals surface area contributed by atoms with Gasteiger partial charge < -0.3 is 30.9 Å². The number of alkyl halides is 6. The molecule has 0 spiro atoms. The van der Waals surface area contributed by atoms with Gasteiger partial charge in [0.15, 0.2) is 5.75 Å². The second kappa shape index (κ2) is 14.2. The fourth-order valence-electron chi connectivity index (χ4n) is 3.34. The number of ether oxygens (including phenoxy) is 1. The molecule has 0 aliphatic carbocycles. The van der Waals surface area contributed by atoms with E-state index in [-0.39, 0.29) is 0 Å². The molecule has 2 aliphatic heterocycles. The number of anilines is 2. The van der Waals surface area contributed by atoms with Crippen LogP contribution in [0.15, 0.2) is 36.3 Å². The molecule has 2 aromatic rings. The van der Waals surface area contributed by atoms with Crippen molar-refractivity contribution in [2.24, 2.45) is 5.92 Å². The van der Waals surface area contributed by atoms with Gasteiger partial charge in [-0.25, -0.2) is 19.6 Å². The van der Waals surface area contributed by atoms with E-state index in [1.54, 1.807) is 6.20 Å². The summed E-state index contributed by atoms with van der Waals surface area (Å²) in [5, 5.41) is 33.9. The van der Waals surface area contributed by atoms with Crippen molar-refractivity contribution in [3.8, 4) is 11.8 Å². The zero-order valence-corrected chi connectivity index (χ0v) is 21.2. The first-order valence-electron chi connectivity index (χ1n) is 11.7. The van der Waals surface area contributed by atoms with E-state index < -0.39 is 24.3 Å². The number of rotatable bonds is 4. The number of hydrogen-bond donors (Lipinski definition) is 5. The first kappa shape index (κ1) is 32.6. The van der Waals surface area contributed by atoms with Crippen molar-refractivity contribution < 1.29 is 50.9 Å². The number of nitrogens with one attached hydrogen (secondary N) is 3. The van der Waals surface area contributed by atoms with Gasteiger partial charge in [-0.15, -0.1) is 0 Å². The van der Waals surface area contributed by atoms with Crippen LogP contribution in [0.2, 0.25) is 0 Å². The van der Waals surface area contributed by atoms with Crippen molar-refractivity contribution in [1.82, 2.24) is 15.3 Å². The molecule has 0 atom stereocenters. The lowest BCUT2D eigenvalue weighted by Gasteiger charge is -2.22. The number of carbonyl (C=O) groups is 2. The Labute approximate surface area is 228 Å². The van der Waals surface area contributed by atoms with Crippen LogP contribution in [-0.2, 0) is 9.59 Å². The first-order chi connectivity index (χ1) is 19.1. The molecule has 5 N–H and O–H groups in total. The highest BCUT2D eigenvalue weighted by atomic mass is 19.4. The Hall–Kier alpha value is -4.59. The average Bonchev–Trinajstić information content (AvgIpc) is 3.33. The lowest BCUT2D eigenvalue weighted by Crippen LogP contribution is -2.31. The number of aliphatic carboxylic acids is 2. The third-order valence-electron chi connectivity index (χ3n) is 5.39. The highest BCUT2D eigenvalue weighted by Crippen LogP contribution is 2.35. The molecule has 1 fully saturated rings. The van der Waals surface area contributed by atoms with E-state index >= 15 is 0 Å². The van der Waals surface area contributed by atoms with Crippen molar-refractivity contribution in [1.29, 1.82) is 5.26 Å². The van der Waals surface area contributed by atoms with E-state index in [1.807, 2.05) is 31.2 Å². The van der Waals surface area contributed by atoms with Crippen molar-refractivity contribution >= 4 is 29.1 Å². The summed E-state index contributed by atoms with van der Waals surface area (Å²) in [6.07, 6.45) is -6.13. The Morgan fingerprint density at radius 2 is 1.66 bits per heavy atom. The van der Waals surface area contributed by atoms with Gasteiger partial charge in [-0.2, -0.15) is 31.6 Å². The predicted octanol–water partition coefficient (Wildman–Crippen LogP) is 4.16. The Bertz CT molecular complexity index is 1250. The number of aromatic nitrogens is 2. The second-order valence-electron chi connectivity index (χ2n) is 8.44. The largest absolute Gasteiger partial charge is 0.490 e. The minimum absolute atomic E-state index is 0.371. The van der Waals surface area contributed by atoms with Crippen molar-refractivity contribution in [2.75, 3.05) is 30.3 Å². The molecule has 0 unspecified atom stereocenters. The highest BCUT2D eigenvalue weighted by Gasteiger charge is 2.38. The van der Waals surface area contributed by atoms with Crippen LogP contribution in [0.1, 0.15) is 24.1 Å². The Balaban J connectivity index is 0.000000349. The van der Waals surface area contributed by atoms with Gasteiger partial charge in [-0.3, -0.25) is 0 Å². The maximum atomic E-state index is 10.6. The second-order valence-corrected chi connectivity index (χ2v) is 8.44. The van der Waals surface area contributed by atoms with Gasteiger partial charge in [0.1, 0.15) is 11.6 Å². The standard InChI is InChI=1S/C20H22N6O.2C2HF3O2/c1-13-11-23-20(24-12-14-6-8-22-9-7-14)26-18(13)15(10-21)19-25-16-4-2-3-5-17(16)27-19;2*3-2(4,5)1(6)7/h2-5,11,14,22,25H,6-9,12H2,1H3,(H,23,24,26);2*(H,6,7). The fraction of sp³-hybridized carbons (Fsp3) is 0.375. The third-order valence-corrected chi connectivity index (χ3v) is 5.39. The summed E-state index contributed by atoms with van der Waals surface area (Å²) in [6.45, 7) is 4.84. The van der Waals surface area contributed by atoms with Crippen LogP contribution in [-0.4, -0.2) is 64.1 Å². The molecule has 4 rings (SSSR count). The van der Waals surface area contributed by atoms with Crippen molar-refractivity contribution in [3.63, 3.8) is 0 Å². The Morgan fingerprint density at radius 3 is 2.17 bits per heavy atom. The summed E-state index contributed by atoms with van der Waals surface area (Å²) in [5.41, 5.74) is 2.62. The quantitative estimate of drug-likeness (QED) is 0.256. The van der Waals surface area contributed by atoms with Crippen LogP contribution < -0.4 is 20.7 Å². The van der Waals surface area contributed by atoms with E-state index in [0.29, 0.717) is 34.8 Å². The number of nitrogens with zero attached hydrogens (tertiary/aromatic N) is 3. The molecule has 1 aromatic heterocycles. The number of hydrogen-bond acceptors (Lipinski definition) is 9. The topological polar surface area (TPSA) is 169 Å². The summed E-state index contributed by atoms with van der Waals surface area (Å²) in [5.74, 6) is -3.25. The molecular weight excluding hydrogens is 566 g/mol. The monoisotopic (exact) mass is 590 g/mol. The van der Waals surface area contributed by atoms with Gasteiger partial charge in [0.05, 0.1) is 11.4 Å². The average molecular weight is 590 g/mol. The Kier molecular flexibility index (Phi) is 11.3. The molecule has 2 aliphatic rings. The lowest BCUT2D eigenvalue weighted by atomic mass is 9.98. The van der Waals surface area contributed by atoms with E-state index in [4.69, 9.17) is 24.5 Å². The number of carboxylic acids is 2. The SMILES string of the molecule is Cc1cnc(NCC2CCNCC2)nc1C(C#N)=C1Nc2ccccc2O1.O=C(O)C(F)(F)F.O=C(O)C(F)(F)F. The third kappa shape index (κ3) is 10.1. The summed E-state index contributed by atoms with van der Waals surface area (Å²) in [4.78, 5) is 26.8.